The van der Waals surface area contributed by atoms with Crippen LogP contribution in [0.2, 0.25) is 5.02 Å². The Hall–Kier alpha value is -2.99. The highest BCUT2D eigenvalue weighted by atomic mass is 35.5. The predicted molar refractivity (Wildman–Crippen MR) is 131 cm³/mol. The summed E-state index contributed by atoms with van der Waals surface area (Å²) in [6.45, 7) is 6.19. The fourth-order valence-electron chi connectivity index (χ4n) is 4.82. The largest absolute Gasteiger partial charge is 0.507 e. The zero-order valence-corrected chi connectivity index (χ0v) is 20.5. The fraction of sp³-hybridized carbons (Fsp3) is 0.407. The number of likely N-dealkylation sites (tertiary alicyclic amines) is 1. The Bertz CT molecular complexity index is 1100. The third kappa shape index (κ3) is 4.64. The number of carbonyl (C=O) groups excluding carboxylic acids is 2. The van der Waals surface area contributed by atoms with Crippen molar-refractivity contribution in [3.8, 4) is 11.5 Å². The van der Waals surface area contributed by atoms with Gasteiger partial charge in [0.2, 0.25) is 0 Å². The van der Waals surface area contributed by atoms with Crippen LogP contribution in [0.25, 0.3) is 5.76 Å². The first-order chi connectivity index (χ1) is 16.3. The van der Waals surface area contributed by atoms with Gasteiger partial charge in [0.15, 0.2) is 0 Å². The second-order valence-electron chi connectivity index (χ2n) is 8.95. The summed E-state index contributed by atoms with van der Waals surface area (Å²) in [5, 5.41) is 11.6. The van der Waals surface area contributed by atoms with Gasteiger partial charge in [0.05, 0.1) is 29.3 Å². The van der Waals surface area contributed by atoms with E-state index in [1.165, 1.54) is 0 Å². The van der Waals surface area contributed by atoms with Gasteiger partial charge < -0.3 is 19.5 Å². The summed E-state index contributed by atoms with van der Waals surface area (Å²) in [7, 11) is 0. The molecule has 1 saturated heterocycles. The van der Waals surface area contributed by atoms with E-state index < -0.39 is 17.7 Å². The highest BCUT2D eigenvalue weighted by molar-refractivity contribution is 6.47. The maximum absolute atomic E-state index is 13.3. The van der Waals surface area contributed by atoms with Crippen molar-refractivity contribution in [2.24, 2.45) is 0 Å². The molecule has 2 aliphatic rings. The molecule has 1 unspecified atom stereocenters. The maximum atomic E-state index is 13.3. The number of ketones is 1. The van der Waals surface area contributed by atoms with Crippen LogP contribution in [0.3, 0.4) is 0 Å². The molecule has 1 aliphatic carbocycles. The molecule has 0 radical (unpaired) electrons. The van der Waals surface area contributed by atoms with E-state index in [4.69, 9.17) is 21.1 Å². The second kappa shape index (κ2) is 10.1. The minimum absolute atomic E-state index is 0.0229. The lowest BCUT2D eigenvalue weighted by molar-refractivity contribution is -0.141. The van der Waals surface area contributed by atoms with E-state index in [9.17, 15) is 14.7 Å². The number of amides is 1. The molecule has 1 N–H and O–H groups in total. The Labute approximate surface area is 205 Å². The lowest BCUT2D eigenvalue weighted by Crippen LogP contribution is -2.37. The van der Waals surface area contributed by atoms with Gasteiger partial charge in [0.25, 0.3) is 11.7 Å². The van der Waals surface area contributed by atoms with Crippen molar-refractivity contribution in [2.75, 3.05) is 6.61 Å². The average molecular weight is 484 g/mol. The summed E-state index contributed by atoms with van der Waals surface area (Å²) in [4.78, 5) is 28.2. The Balaban J connectivity index is 1.84. The predicted octanol–water partition coefficient (Wildman–Crippen LogP) is 5.89. The summed E-state index contributed by atoms with van der Waals surface area (Å²) in [6.07, 6.45) is 3.69. The van der Waals surface area contributed by atoms with Crippen molar-refractivity contribution in [1.82, 2.24) is 4.90 Å². The number of benzene rings is 2. The molecule has 34 heavy (non-hydrogen) atoms. The smallest absolute Gasteiger partial charge is 0.295 e. The first-order valence-corrected chi connectivity index (χ1v) is 12.2. The molecule has 4 rings (SSSR count). The molecular formula is C27H30ClNO5. The summed E-state index contributed by atoms with van der Waals surface area (Å²) < 4.78 is 11.3. The van der Waals surface area contributed by atoms with Crippen molar-refractivity contribution in [2.45, 2.75) is 64.6 Å². The molecule has 180 valence electrons. The van der Waals surface area contributed by atoms with E-state index in [2.05, 4.69) is 0 Å². The van der Waals surface area contributed by atoms with E-state index in [1.54, 1.807) is 23.1 Å². The molecule has 1 saturated carbocycles. The van der Waals surface area contributed by atoms with Gasteiger partial charge >= 0.3 is 0 Å². The zero-order valence-electron chi connectivity index (χ0n) is 19.7. The topological polar surface area (TPSA) is 76.1 Å². The molecule has 2 fully saturated rings. The van der Waals surface area contributed by atoms with Gasteiger partial charge in [-0.05, 0) is 69.5 Å². The van der Waals surface area contributed by atoms with Crippen molar-refractivity contribution in [1.29, 1.82) is 0 Å². The zero-order chi connectivity index (χ0) is 24.4. The first-order valence-electron chi connectivity index (χ1n) is 11.8. The van der Waals surface area contributed by atoms with E-state index >= 15 is 0 Å². The summed E-state index contributed by atoms with van der Waals surface area (Å²) in [6, 6.07) is 11.5. The standard InChI is InChI=1S/C27H30ClNO5/c1-4-33-20-13-14-22(28)21(15-20)25(30)23-24(17-9-11-19(12-10-17)34-16(2)3)29(27(32)26(23)31)18-7-5-6-8-18/h9-16,18,24,30H,4-8H2,1-3H3/b25-23+. The van der Waals surface area contributed by atoms with Gasteiger partial charge in [-0.25, -0.2) is 0 Å². The van der Waals surface area contributed by atoms with Crippen LogP contribution >= 0.6 is 11.6 Å². The van der Waals surface area contributed by atoms with Crippen LogP contribution in [0.4, 0.5) is 0 Å². The van der Waals surface area contributed by atoms with Crippen LogP contribution in [0.1, 0.15) is 63.6 Å². The highest BCUT2D eigenvalue weighted by Gasteiger charge is 2.49. The second-order valence-corrected chi connectivity index (χ2v) is 9.36. The number of hydrogen-bond donors (Lipinski definition) is 1. The summed E-state index contributed by atoms with van der Waals surface area (Å²) in [5.41, 5.74) is 1.05. The number of hydrogen-bond acceptors (Lipinski definition) is 5. The number of carbonyl (C=O) groups is 2. The molecule has 1 aliphatic heterocycles. The maximum Gasteiger partial charge on any atom is 0.295 e. The van der Waals surface area contributed by atoms with Crippen molar-refractivity contribution < 1.29 is 24.2 Å². The Morgan fingerprint density at radius 1 is 1.09 bits per heavy atom. The molecule has 0 spiro atoms. The number of aliphatic hydroxyl groups is 1. The first kappa shape index (κ1) is 24.1. The summed E-state index contributed by atoms with van der Waals surface area (Å²) >= 11 is 6.40. The SMILES string of the molecule is CCOc1ccc(Cl)c(/C(O)=C2\C(=O)C(=O)N(C3CCCC3)C2c2ccc(OC(C)C)cc2)c1. The van der Waals surface area contributed by atoms with Gasteiger partial charge in [-0.1, -0.05) is 36.6 Å². The van der Waals surface area contributed by atoms with E-state index in [1.807, 2.05) is 45.0 Å². The Morgan fingerprint density at radius 3 is 2.35 bits per heavy atom. The minimum Gasteiger partial charge on any atom is -0.507 e. The van der Waals surface area contributed by atoms with Gasteiger partial charge in [-0.3, -0.25) is 9.59 Å². The number of halogens is 1. The molecule has 0 bridgehead atoms. The monoisotopic (exact) mass is 483 g/mol. The van der Waals surface area contributed by atoms with Crippen LogP contribution in [-0.2, 0) is 9.59 Å². The quantitative estimate of drug-likeness (QED) is 0.302. The third-order valence-corrected chi connectivity index (χ3v) is 6.60. The lowest BCUT2D eigenvalue weighted by atomic mass is 9.94. The minimum atomic E-state index is -0.706. The summed E-state index contributed by atoms with van der Waals surface area (Å²) in [5.74, 6) is -0.361. The molecule has 1 amide bonds. The van der Waals surface area contributed by atoms with Gasteiger partial charge in [0, 0.05) is 11.6 Å². The van der Waals surface area contributed by atoms with Crippen LogP contribution in [0, 0.1) is 0 Å². The number of nitrogens with zero attached hydrogens (tertiary/aromatic N) is 1. The average Bonchev–Trinajstić information content (AvgIpc) is 3.42. The van der Waals surface area contributed by atoms with E-state index in [0.717, 1.165) is 31.2 Å². The van der Waals surface area contributed by atoms with Gasteiger partial charge in [0.1, 0.15) is 17.3 Å². The molecular weight excluding hydrogens is 454 g/mol. The van der Waals surface area contributed by atoms with Crippen molar-refractivity contribution in [3.05, 3.63) is 64.2 Å². The fourth-order valence-corrected chi connectivity index (χ4v) is 5.03. The Kier molecular flexibility index (Phi) is 7.17. The highest BCUT2D eigenvalue weighted by Crippen LogP contribution is 2.44. The molecule has 1 atom stereocenters. The van der Waals surface area contributed by atoms with E-state index in [0.29, 0.717) is 18.1 Å². The van der Waals surface area contributed by atoms with Crippen LogP contribution in [0.5, 0.6) is 11.5 Å². The third-order valence-electron chi connectivity index (χ3n) is 6.27. The Morgan fingerprint density at radius 2 is 1.74 bits per heavy atom. The molecule has 2 aromatic carbocycles. The van der Waals surface area contributed by atoms with Gasteiger partial charge in [-0.2, -0.15) is 0 Å². The number of Topliss-reactive ketones (excluding diaryl/α,β-unsaturated/α-hetero) is 1. The number of rotatable bonds is 7. The van der Waals surface area contributed by atoms with Crippen LogP contribution in [0.15, 0.2) is 48.0 Å². The van der Waals surface area contributed by atoms with Crippen LogP contribution < -0.4 is 9.47 Å². The van der Waals surface area contributed by atoms with Crippen LogP contribution in [-0.4, -0.2) is 40.4 Å². The molecule has 2 aromatic rings. The van der Waals surface area contributed by atoms with E-state index in [-0.39, 0.29) is 34.1 Å². The molecule has 0 aromatic heterocycles. The normalized spacial score (nSPS) is 20.4. The molecule has 7 heteroatoms. The van der Waals surface area contributed by atoms with Crippen molar-refractivity contribution >= 4 is 29.1 Å². The van der Waals surface area contributed by atoms with Crippen molar-refractivity contribution in [3.63, 3.8) is 0 Å². The molecule has 6 nitrogen and oxygen atoms in total. The lowest BCUT2D eigenvalue weighted by Gasteiger charge is -2.31. The molecule has 1 heterocycles. The number of aliphatic hydroxyl groups excluding tert-OH is 1. The number of ether oxygens (including phenoxy) is 2. The van der Waals surface area contributed by atoms with Gasteiger partial charge in [-0.15, -0.1) is 0 Å².